The fourth-order valence-electron chi connectivity index (χ4n) is 2.44. The van der Waals surface area contributed by atoms with Crippen LogP contribution in [0.5, 0.6) is 0 Å². The number of carbonyl (C=O) groups excluding carboxylic acids is 1. The first-order valence-corrected chi connectivity index (χ1v) is 9.00. The van der Waals surface area contributed by atoms with Gasteiger partial charge in [-0.3, -0.25) is 4.79 Å². The molecule has 0 aliphatic carbocycles. The zero-order valence-electron chi connectivity index (χ0n) is 11.4. The normalized spacial score (nSPS) is 15.7. The van der Waals surface area contributed by atoms with Crippen LogP contribution in [0.3, 0.4) is 0 Å². The van der Waals surface area contributed by atoms with Crippen molar-refractivity contribution in [1.29, 1.82) is 0 Å². The summed E-state index contributed by atoms with van der Waals surface area (Å²) in [6.07, 6.45) is 3.59. The molecular formula is C15H18N2OS2. The van der Waals surface area contributed by atoms with Crippen LogP contribution in [0.15, 0.2) is 24.3 Å². The van der Waals surface area contributed by atoms with E-state index >= 15 is 0 Å². The summed E-state index contributed by atoms with van der Waals surface area (Å²) >= 11 is 3.41. The van der Waals surface area contributed by atoms with Gasteiger partial charge in [-0.2, -0.15) is 0 Å². The second-order valence-corrected chi connectivity index (χ2v) is 7.11. The molecule has 20 heavy (non-hydrogen) atoms. The number of benzene rings is 1. The molecule has 1 aromatic heterocycles. The molecule has 0 spiro atoms. The molecule has 1 saturated heterocycles. The van der Waals surface area contributed by atoms with Crippen molar-refractivity contribution in [2.24, 2.45) is 0 Å². The van der Waals surface area contributed by atoms with Crippen LogP contribution in [-0.2, 0) is 10.5 Å². The van der Waals surface area contributed by atoms with Crippen molar-refractivity contribution >= 4 is 39.2 Å². The standard InChI is InChI=1S/C15H18N2OS2/c18-15(17-8-4-1-5-9-17)11-19-10-14-16-12-6-2-3-7-13(12)20-14/h2-3,6-7H,1,4-5,8-11H2. The molecule has 2 heterocycles. The van der Waals surface area contributed by atoms with E-state index in [1.807, 2.05) is 23.1 Å². The number of amides is 1. The van der Waals surface area contributed by atoms with Crippen molar-refractivity contribution in [2.75, 3.05) is 18.8 Å². The van der Waals surface area contributed by atoms with E-state index in [1.165, 1.54) is 11.1 Å². The van der Waals surface area contributed by atoms with Gasteiger partial charge in [0.2, 0.25) is 5.91 Å². The first-order valence-electron chi connectivity index (χ1n) is 7.03. The highest BCUT2D eigenvalue weighted by molar-refractivity contribution is 7.99. The second kappa shape index (κ2) is 6.59. The summed E-state index contributed by atoms with van der Waals surface area (Å²) in [5.41, 5.74) is 1.07. The van der Waals surface area contributed by atoms with Crippen molar-refractivity contribution in [3.63, 3.8) is 0 Å². The summed E-state index contributed by atoms with van der Waals surface area (Å²) in [4.78, 5) is 18.7. The van der Waals surface area contributed by atoms with E-state index in [4.69, 9.17) is 0 Å². The average Bonchev–Trinajstić information content (AvgIpc) is 2.90. The largest absolute Gasteiger partial charge is 0.342 e. The van der Waals surface area contributed by atoms with Crippen LogP contribution in [0.25, 0.3) is 10.2 Å². The maximum Gasteiger partial charge on any atom is 0.232 e. The van der Waals surface area contributed by atoms with Gasteiger partial charge in [0.1, 0.15) is 5.01 Å². The van der Waals surface area contributed by atoms with Crippen molar-refractivity contribution in [2.45, 2.75) is 25.0 Å². The molecule has 0 atom stereocenters. The Morgan fingerprint density at radius 1 is 1.25 bits per heavy atom. The van der Waals surface area contributed by atoms with Gasteiger partial charge in [-0.25, -0.2) is 4.98 Å². The van der Waals surface area contributed by atoms with E-state index in [9.17, 15) is 4.79 Å². The topological polar surface area (TPSA) is 33.2 Å². The predicted octanol–water partition coefficient (Wildman–Crippen LogP) is 3.54. The Hall–Kier alpha value is -1.07. The lowest BCUT2D eigenvalue weighted by Gasteiger charge is -2.26. The number of hydrogen-bond acceptors (Lipinski definition) is 4. The van der Waals surface area contributed by atoms with Crippen molar-refractivity contribution < 1.29 is 4.79 Å². The number of likely N-dealkylation sites (tertiary alicyclic amines) is 1. The lowest BCUT2D eigenvalue weighted by Crippen LogP contribution is -2.36. The van der Waals surface area contributed by atoms with Crippen LogP contribution in [0, 0.1) is 0 Å². The Balaban J connectivity index is 1.50. The lowest BCUT2D eigenvalue weighted by molar-refractivity contribution is -0.129. The Morgan fingerprint density at radius 3 is 2.85 bits per heavy atom. The average molecular weight is 306 g/mol. The molecule has 106 valence electrons. The van der Waals surface area contributed by atoms with Crippen LogP contribution in [0.4, 0.5) is 0 Å². The van der Waals surface area contributed by atoms with Gasteiger partial charge in [-0.05, 0) is 31.4 Å². The summed E-state index contributed by atoms with van der Waals surface area (Å²) < 4.78 is 1.23. The van der Waals surface area contributed by atoms with E-state index in [0.717, 1.165) is 42.2 Å². The van der Waals surface area contributed by atoms with Gasteiger partial charge in [0.05, 0.1) is 16.0 Å². The number of carbonyl (C=O) groups is 1. The zero-order valence-corrected chi connectivity index (χ0v) is 13.0. The van der Waals surface area contributed by atoms with Crippen LogP contribution < -0.4 is 0 Å². The number of thiazole rings is 1. The number of aromatic nitrogens is 1. The molecule has 0 N–H and O–H groups in total. The highest BCUT2D eigenvalue weighted by atomic mass is 32.2. The van der Waals surface area contributed by atoms with Crippen molar-refractivity contribution in [3.05, 3.63) is 29.3 Å². The summed E-state index contributed by atoms with van der Waals surface area (Å²) in [5.74, 6) is 1.70. The van der Waals surface area contributed by atoms with E-state index in [0.29, 0.717) is 5.75 Å². The molecule has 0 saturated carbocycles. The van der Waals surface area contributed by atoms with E-state index < -0.39 is 0 Å². The number of thioether (sulfide) groups is 1. The lowest BCUT2D eigenvalue weighted by atomic mass is 10.1. The first-order chi connectivity index (χ1) is 9.83. The SMILES string of the molecule is O=C(CSCc1nc2ccccc2s1)N1CCCCC1. The molecule has 0 unspecified atom stereocenters. The zero-order chi connectivity index (χ0) is 13.8. The van der Waals surface area contributed by atoms with Gasteiger partial charge < -0.3 is 4.90 Å². The second-order valence-electron chi connectivity index (χ2n) is 5.01. The minimum Gasteiger partial charge on any atom is -0.342 e. The number of piperidine rings is 1. The Kier molecular flexibility index (Phi) is 4.58. The highest BCUT2D eigenvalue weighted by Crippen LogP contribution is 2.25. The Morgan fingerprint density at radius 2 is 2.05 bits per heavy atom. The fraction of sp³-hybridized carbons (Fsp3) is 0.467. The van der Waals surface area contributed by atoms with Crippen molar-refractivity contribution in [1.82, 2.24) is 9.88 Å². The monoisotopic (exact) mass is 306 g/mol. The summed E-state index contributed by atoms with van der Waals surface area (Å²) in [6, 6.07) is 8.19. The third-order valence-corrected chi connectivity index (χ3v) is 5.65. The van der Waals surface area contributed by atoms with Crippen LogP contribution in [-0.4, -0.2) is 34.6 Å². The first kappa shape index (κ1) is 13.9. The Labute approximate surface area is 127 Å². The van der Waals surface area contributed by atoms with Gasteiger partial charge in [-0.15, -0.1) is 23.1 Å². The molecule has 1 amide bonds. The third kappa shape index (κ3) is 3.33. The molecule has 1 aliphatic rings. The number of para-hydroxylation sites is 1. The minimum absolute atomic E-state index is 0.288. The molecular weight excluding hydrogens is 288 g/mol. The molecule has 1 fully saturated rings. The molecule has 3 nitrogen and oxygen atoms in total. The van der Waals surface area contributed by atoms with Gasteiger partial charge in [0, 0.05) is 18.8 Å². The predicted molar refractivity (Wildman–Crippen MR) is 86.2 cm³/mol. The van der Waals surface area contributed by atoms with Crippen LogP contribution >= 0.6 is 23.1 Å². The number of fused-ring (bicyclic) bond motifs is 1. The van der Waals surface area contributed by atoms with Crippen LogP contribution in [0.1, 0.15) is 24.3 Å². The molecule has 3 rings (SSSR count). The van der Waals surface area contributed by atoms with E-state index in [2.05, 4.69) is 11.1 Å². The molecule has 2 aromatic rings. The number of hydrogen-bond donors (Lipinski definition) is 0. The number of nitrogens with zero attached hydrogens (tertiary/aromatic N) is 2. The summed E-state index contributed by atoms with van der Waals surface area (Å²) in [5, 5.41) is 1.11. The highest BCUT2D eigenvalue weighted by Gasteiger charge is 2.16. The molecule has 1 aliphatic heterocycles. The molecule has 1 aromatic carbocycles. The van der Waals surface area contributed by atoms with Gasteiger partial charge in [0.15, 0.2) is 0 Å². The van der Waals surface area contributed by atoms with Crippen molar-refractivity contribution in [3.8, 4) is 0 Å². The van der Waals surface area contributed by atoms with Gasteiger partial charge in [-0.1, -0.05) is 12.1 Å². The Bertz CT molecular complexity index is 557. The van der Waals surface area contributed by atoms with E-state index in [1.54, 1.807) is 23.1 Å². The quantitative estimate of drug-likeness (QED) is 0.866. The summed E-state index contributed by atoms with van der Waals surface area (Å²) in [7, 11) is 0. The fourth-order valence-corrected chi connectivity index (χ4v) is 4.39. The maximum absolute atomic E-state index is 12.0. The number of rotatable bonds is 4. The van der Waals surface area contributed by atoms with Gasteiger partial charge in [0.25, 0.3) is 0 Å². The minimum atomic E-state index is 0.288. The molecule has 5 heteroatoms. The molecule has 0 radical (unpaired) electrons. The van der Waals surface area contributed by atoms with E-state index in [-0.39, 0.29) is 5.91 Å². The van der Waals surface area contributed by atoms with Gasteiger partial charge >= 0.3 is 0 Å². The molecule has 0 bridgehead atoms. The third-order valence-electron chi connectivity index (χ3n) is 3.50. The smallest absolute Gasteiger partial charge is 0.232 e. The summed E-state index contributed by atoms with van der Waals surface area (Å²) in [6.45, 7) is 1.89. The maximum atomic E-state index is 12.0. The van der Waals surface area contributed by atoms with Crippen LogP contribution in [0.2, 0.25) is 0 Å².